The van der Waals surface area contributed by atoms with E-state index in [0.717, 1.165) is 24.8 Å². The second kappa shape index (κ2) is 8.35. The number of nitrogens with one attached hydrogen (secondary N) is 1. The van der Waals surface area contributed by atoms with Crippen molar-refractivity contribution in [2.24, 2.45) is 0 Å². The topological polar surface area (TPSA) is 41.5 Å². The van der Waals surface area contributed by atoms with Gasteiger partial charge < -0.3 is 15.2 Å². The summed E-state index contributed by atoms with van der Waals surface area (Å²) >= 11 is 0. The summed E-state index contributed by atoms with van der Waals surface area (Å²) in [4.78, 5) is 0. The quantitative estimate of drug-likeness (QED) is 0.574. The molecule has 2 heterocycles. The fourth-order valence-corrected chi connectivity index (χ4v) is 4.90. The van der Waals surface area contributed by atoms with Gasteiger partial charge in [-0.2, -0.15) is 26.3 Å². The van der Waals surface area contributed by atoms with Gasteiger partial charge in [0.15, 0.2) is 0 Å². The molecule has 2 fully saturated rings. The normalized spacial score (nSPS) is 26.8. The molecular formula is C23H23F6NO2. The average Bonchev–Trinajstić information content (AvgIpc) is 3.11. The van der Waals surface area contributed by atoms with Crippen molar-refractivity contribution < 1.29 is 36.2 Å². The Balaban J connectivity index is 1.70. The Hall–Kier alpha value is -2.10. The highest BCUT2D eigenvalue weighted by atomic mass is 19.4. The van der Waals surface area contributed by atoms with Crippen LogP contribution in [0.4, 0.5) is 26.3 Å². The van der Waals surface area contributed by atoms with E-state index in [9.17, 15) is 31.4 Å². The van der Waals surface area contributed by atoms with Crippen molar-refractivity contribution in [2.45, 2.75) is 61.8 Å². The molecular weight excluding hydrogens is 436 g/mol. The first-order valence-corrected chi connectivity index (χ1v) is 10.4. The van der Waals surface area contributed by atoms with Crippen molar-refractivity contribution in [2.75, 3.05) is 6.61 Å². The van der Waals surface area contributed by atoms with E-state index < -0.39 is 47.8 Å². The fraction of sp³-hybridized carbons (Fsp3) is 0.478. The van der Waals surface area contributed by atoms with E-state index in [1.165, 1.54) is 0 Å². The number of rotatable bonds is 5. The number of piperidine rings is 1. The number of hydrogen-bond donors (Lipinski definition) is 2. The van der Waals surface area contributed by atoms with Gasteiger partial charge in [0.25, 0.3) is 0 Å². The standard InChI is InChI=1S/C23H23F6NO2/c24-22(25,26)16-10-14(11-17(12-16)23(27,28)29)19(13-31)32-20-7-6-18-8-9-21(20,30-18)15-4-2-1-3-5-15/h1-5,10-12,18-20,30-31H,6-9,13H2/t18-,19+,20+,21+/m0/s1. The van der Waals surface area contributed by atoms with Crippen LogP contribution >= 0.6 is 0 Å². The van der Waals surface area contributed by atoms with Crippen LogP contribution in [-0.2, 0) is 22.6 Å². The third-order valence-corrected chi connectivity index (χ3v) is 6.44. The first kappa shape index (κ1) is 23.1. The molecule has 0 radical (unpaired) electrons. The van der Waals surface area contributed by atoms with Crippen molar-refractivity contribution in [1.82, 2.24) is 5.32 Å². The van der Waals surface area contributed by atoms with E-state index in [1.54, 1.807) is 0 Å². The van der Waals surface area contributed by atoms with Gasteiger partial charge in [-0.05, 0) is 55.0 Å². The molecule has 2 bridgehead atoms. The second-order valence-electron chi connectivity index (χ2n) is 8.43. The Morgan fingerprint density at radius 1 is 0.938 bits per heavy atom. The van der Waals surface area contributed by atoms with E-state index in [4.69, 9.17) is 4.74 Å². The molecule has 2 saturated heterocycles. The summed E-state index contributed by atoms with van der Waals surface area (Å²) in [6, 6.07) is 11.1. The Kier molecular flexibility index (Phi) is 6.02. The van der Waals surface area contributed by atoms with Crippen LogP contribution < -0.4 is 5.32 Å². The maximum Gasteiger partial charge on any atom is 0.416 e. The van der Waals surface area contributed by atoms with E-state index in [1.807, 2.05) is 30.3 Å². The van der Waals surface area contributed by atoms with Gasteiger partial charge in [0.05, 0.1) is 29.4 Å². The van der Waals surface area contributed by atoms with Gasteiger partial charge in [-0.15, -0.1) is 0 Å². The third-order valence-electron chi connectivity index (χ3n) is 6.44. The van der Waals surface area contributed by atoms with E-state index in [2.05, 4.69) is 5.32 Å². The van der Waals surface area contributed by atoms with Crippen LogP contribution in [-0.4, -0.2) is 23.9 Å². The lowest BCUT2D eigenvalue weighted by molar-refractivity contribution is -0.143. The summed E-state index contributed by atoms with van der Waals surface area (Å²) in [5.41, 5.74) is -2.86. The zero-order valence-electron chi connectivity index (χ0n) is 17.0. The molecule has 0 unspecified atom stereocenters. The Bertz CT molecular complexity index is 913. The lowest BCUT2D eigenvalue weighted by Gasteiger charge is -2.43. The van der Waals surface area contributed by atoms with Crippen LogP contribution in [0.25, 0.3) is 0 Å². The molecule has 174 valence electrons. The molecule has 9 heteroatoms. The largest absolute Gasteiger partial charge is 0.416 e. The molecule has 0 aliphatic carbocycles. The minimum absolute atomic E-state index is 0.0765. The van der Waals surface area contributed by atoms with Crippen LogP contribution in [0, 0.1) is 0 Å². The molecule has 2 N–H and O–H groups in total. The zero-order chi connectivity index (χ0) is 23.1. The van der Waals surface area contributed by atoms with Crippen LogP contribution in [0.5, 0.6) is 0 Å². The van der Waals surface area contributed by atoms with Gasteiger partial charge in [0.1, 0.15) is 6.10 Å². The SMILES string of the molecule is OC[C@@H](O[C@@H]1CC[C@H]2CC[C@]1(c1ccccc1)N2)c1cc(C(F)(F)F)cc(C(F)(F)F)c1. The molecule has 32 heavy (non-hydrogen) atoms. The van der Waals surface area contributed by atoms with Gasteiger partial charge in [0, 0.05) is 6.04 Å². The minimum atomic E-state index is -4.97. The van der Waals surface area contributed by atoms with Crippen LogP contribution in [0.1, 0.15) is 54.0 Å². The molecule has 2 aromatic rings. The molecule has 4 rings (SSSR count). The summed E-state index contributed by atoms with van der Waals surface area (Å²) in [5, 5.41) is 13.5. The summed E-state index contributed by atoms with van der Waals surface area (Å²) < 4.78 is 85.8. The maximum absolute atomic E-state index is 13.3. The number of aliphatic hydroxyl groups excluding tert-OH is 1. The highest BCUT2D eigenvalue weighted by molar-refractivity contribution is 5.35. The number of aliphatic hydroxyl groups is 1. The highest BCUT2D eigenvalue weighted by Crippen LogP contribution is 2.46. The zero-order valence-corrected chi connectivity index (χ0v) is 17.0. The van der Waals surface area contributed by atoms with Gasteiger partial charge in [-0.1, -0.05) is 30.3 Å². The van der Waals surface area contributed by atoms with E-state index in [0.29, 0.717) is 18.6 Å². The van der Waals surface area contributed by atoms with Crippen molar-refractivity contribution in [3.05, 3.63) is 70.8 Å². The van der Waals surface area contributed by atoms with Gasteiger partial charge in [-0.3, -0.25) is 0 Å². The van der Waals surface area contributed by atoms with E-state index in [-0.39, 0.29) is 17.7 Å². The number of alkyl halides is 6. The minimum Gasteiger partial charge on any atom is -0.393 e. The monoisotopic (exact) mass is 459 g/mol. The molecule has 0 spiro atoms. The smallest absolute Gasteiger partial charge is 0.393 e. The molecule has 2 aliphatic rings. The van der Waals surface area contributed by atoms with Crippen LogP contribution in [0.15, 0.2) is 48.5 Å². The summed E-state index contributed by atoms with van der Waals surface area (Å²) in [7, 11) is 0. The Labute approximate surface area is 181 Å². The van der Waals surface area contributed by atoms with Gasteiger partial charge in [0.2, 0.25) is 0 Å². The van der Waals surface area contributed by atoms with Crippen molar-refractivity contribution in [3.63, 3.8) is 0 Å². The van der Waals surface area contributed by atoms with Crippen LogP contribution in [0.2, 0.25) is 0 Å². The van der Waals surface area contributed by atoms with Crippen molar-refractivity contribution in [3.8, 4) is 0 Å². The molecule has 2 aliphatic heterocycles. The summed E-state index contributed by atoms with van der Waals surface area (Å²) in [6.07, 6.45) is -8.82. The highest BCUT2D eigenvalue weighted by Gasteiger charge is 2.50. The average molecular weight is 459 g/mol. The fourth-order valence-electron chi connectivity index (χ4n) is 4.90. The predicted octanol–water partition coefficient (Wildman–Crippen LogP) is 5.58. The summed E-state index contributed by atoms with van der Waals surface area (Å²) in [5.74, 6) is 0. The lowest BCUT2D eigenvalue weighted by Crippen LogP contribution is -2.54. The number of ether oxygens (including phenoxy) is 1. The van der Waals surface area contributed by atoms with Gasteiger partial charge in [-0.25, -0.2) is 0 Å². The number of halogens is 6. The molecule has 0 saturated carbocycles. The van der Waals surface area contributed by atoms with Crippen molar-refractivity contribution in [1.29, 1.82) is 0 Å². The lowest BCUT2D eigenvalue weighted by atomic mass is 9.80. The number of hydrogen-bond acceptors (Lipinski definition) is 3. The molecule has 0 amide bonds. The second-order valence-corrected chi connectivity index (χ2v) is 8.43. The first-order valence-electron chi connectivity index (χ1n) is 10.4. The third kappa shape index (κ3) is 4.38. The maximum atomic E-state index is 13.3. The van der Waals surface area contributed by atoms with Crippen molar-refractivity contribution >= 4 is 0 Å². The van der Waals surface area contributed by atoms with Crippen LogP contribution in [0.3, 0.4) is 0 Å². The molecule has 4 atom stereocenters. The first-order chi connectivity index (χ1) is 15.0. The number of fused-ring (bicyclic) bond motifs is 2. The van der Waals surface area contributed by atoms with E-state index >= 15 is 0 Å². The predicted molar refractivity (Wildman–Crippen MR) is 105 cm³/mol. The summed E-state index contributed by atoms with van der Waals surface area (Å²) in [6.45, 7) is -0.747. The number of benzene rings is 2. The Morgan fingerprint density at radius 3 is 2.12 bits per heavy atom. The molecule has 0 aromatic heterocycles. The van der Waals surface area contributed by atoms with Gasteiger partial charge >= 0.3 is 12.4 Å². The Morgan fingerprint density at radius 2 is 1.56 bits per heavy atom. The molecule has 3 nitrogen and oxygen atoms in total. The molecule has 2 aromatic carbocycles.